The van der Waals surface area contributed by atoms with Crippen LogP contribution in [0.4, 0.5) is 0 Å². The lowest BCUT2D eigenvalue weighted by atomic mass is 9.88. The lowest BCUT2D eigenvalue weighted by Crippen LogP contribution is -2.54. The number of aromatic hydroxyl groups is 1. The highest BCUT2D eigenvalue weighted by Crippen LogP contribution is 2.51. The van der Waals surface area contributed by atoms with Gasteiger partial charge in [-0.05, 0) is 23.3 Å². The summed E-state index contributed by atoms with van der Waals surface area (Å²) in [5, 5.41) is 9.76. The van der Waals surface area contributed by atoms with Crippen LogP contribution in [-0.4, -0.2) is 59.7 Å². The van der Waals surface area contributed by atoms with Crippen LogP contribution in [0.2, 0.25) is 0 Å². The molecule has 2 aliphatic rings. The van der Waals surface area contributed by atoms with Gasteiger partial charge in [-0.15, -0.1) is 0 Å². The molecule has 1 N–H and O–H groups in total. The van der Waals surface area contributed by atoms with Crippen LogP contribution >= 0.6 is 0 Å². The van der Waals surface area contributed by atoms with Crippen LogP contribution in [-0.2, 0) is 44.7 Å². The first-order valence-electron chi connectivity index (χ1n) is 15.1. The van der Waals surface area contributed by atoms with E-state index in [4.69, 9.17) is 33.2 Å². The van der Waals surface area contributed by atoms with Gasteiger partial charge in [0.2, 0.25) is 0 Å². The van der Waals surface area contributed by atoms with E-state index in [2.05, 4.69) is 0 Å². The number of hydrogen-bond acceptors (Lipinski definition) is 13. The third kappa shape index (κ3) is 7.74. The Balaban J connectivity index is 1.69. The van der Waals surface area contributed by atoms with E-state index < -0.39 is 60.2 Å². The summed E-state index contributed by atoms with van der Waals surface area (Å²) in [5.41, 5.74) is 1.30. The van der Waals surface area contributed by atoms with Gasteiger partial charge in [0.25, 0.3) is 0 Å². The molecule has 252 valence electrons. The van der Waals surface area contributed by atoms with Gasteiger partial charge in [-0.3, -0.25) is 24.0 Å². The van der Waals surface area contributed by atoms with Gasteiger partial charge in [0, 0.05) is 33.8 Å². The summed E-state index contributed by atoms with van der Waals surface area (Å²) in [5.74, 6) is -3.62. The smallest absolute Gasteiger partial charge is 0.308 e. The molecule has 13 nitrogen and oxygen atoms in total. The van der Waals surface area contributed by atoms with Gasteiger partial charge < -0.3 is 38.3 Å². The van der Waals surface area contributed by atoms with Crippen molar-refractivity contribution in [3.63, 3.8) is 0 Å². The largest absolute Gasteiger partial charge is 0.508 e. The molecule has 0 aliphatic carbocycles. The zero-order chi connectivity index (χ0) is 34.5. The van der Waals surface area contributed by atoms with E-state index in [0.29, 0.717) is 5.56 Å². The Morgan fingerprint density at radius 2 is 1.48 bits per heavy atom. The molecular weight excluding hydrogens is 628 g/mol. The summed E-state index contributed by atoms with van der Waals surface area (Å²) >= 11 is 0. The van der Waals surface area contributed by atoms with Gasteiger partial charge in [-0.1, -0.05) is 42.5 Å². The quantitative estimate of drug-likeness (QED) is 0.194. The number of phenols is 1. The van der Waals surface area contributed by atoms with Gasteiger partial charge in [-0.2, -0.15) is 0 Å². The molecule has 5 rings (SSSR count). The topological polar surface area (TPSA) is 170 Å². The van der Waals surface area contributed by atoms with E-state index >= 15 is 0 Å². The lowest BCUT2D eigenvalue weighted by molar-refractivity contribution is -0.227. The summed E-state index contributed by atoms with van der Waals surface area (Å²) in [4.78, 5) is 63.1. The minimum absolute atomic E-state index is 0.00425. The van der Waals surface area contributed by atoms with Crippen LogP contribution < -0.4 is 14.2 Å². The van der Waals surface area contributed by atoms with Crippen molar-refractivity contribution in [2.75, 3.05) is 6.61 Å². The first-order valence-corrected chi connectivity index (χ1v) is 15.1. The molecule has 13 heteroatoms. The molecule has 2 aliphatic heterocycles. The number of carbonyl (C=O) groups is 5. The minimum Gasteiger partial charge on any atom is -0.508 e. The summed E-state index contributed by atoms with van der Waals surface area (Å²) in [7, 11) is 0. The van der Waals surface area contributed by atoms with Crippen molar-refractivity contribution in [2.45, 2.75) is 71.2 Å². The molecule has 48 heavy (non-hydrogen) atoms. The molecule has 0 saturated carbocycles. The van der Waals surface area contributed by atoms with Crippen molar-refractivity contribution >= 4 is 29.7 Å². The number of hydrogen-bond donors (Lipinski definition) is 1. The number of benzene rings is 3. The lowest BCUT2D eigenvalue weighted by Gasteiger charge is -2.41. The molecule has 5 atom stereocenters. The molecule has 1 saturated heterocycles. The molecule has 0 aromatic heterocycles. The molecule has 1 fully saturated rings. The van der Waals surface area contributed by atoms with Gasteiger partial charge in [0.05, 0.1) is 18.6 Å². The maximum Gasteiger partial charge on any atom is 0.308 e. The summed E-state index contributed by atoms with van der Waals surface area (Å²) in [6, 6.07) is 16.8. The SMILES string of the molecule is CC(=O)Oc1c2c(cc(OCc3ccccc3)c1[C@@H]1OC[C@@H](OC(C)=O)[C@H](OC(C)=O)[C@H]1OC(C)=O)OC(c1ccc(O)cc1)CC2=O. The number of esters is 4. The normalized spacial score (nSPS) is 21.6. The number of fused-ring (bicyclic) bond motifs is 1. The van der Waals surface area contributed by atoms with Crippen molar-refractivity contribution in [2.24, 2.45) is 0 Å². The van der Waals surface area contributed by atoms with E-state index in [0.717, 1.165) is 33.3 Å². The Labute approximate surface area is 275 Å². The summed E-state index contributed by atoms with van der Waals surface area (Å²) in [6.07, 6.45) is -6.26. The summed E-state index contributed by atoms with van der Waals surface area (Å²) < 4.78 is 41.0. The zero-order valence-electron chi connectivity index (χ0n) is 26.6. The number of rotatable bonds is 9. The number of ketones is 1. The van der Waals surface area contributed by atoms with Crippen LogP contribution in [0.1, 0.15) is 73.4 Å². The van der Waals surface area contributed by atoms with E-state index in [-0.39, 0.29) is 53.8 Å². The molecule has 0 radical (unpaired) electrons. The molecule has 0 spiro atoms. The molecule has 1 unspecified atom stereocenters. The van der Waals surface area contributed by atoms with Crippen LogP contribution in [0.25, 0.3) is 0 Å². The zero-order valence-corrected chi connectivity index (χ0v) is 26.6. The van der Waals surface area contributed by atoms with Gasteiger partial charge in [-0.25, -0.2) is 0 Å². The molecular formula is C35H34O13. The summed E-state index contributed by atoms with van der Waals surface area (Å²) in [6.45, 7) is 4.25. The van der Waals surface area contributed by atoms with Gasteiger partial charge in [0.15, 0.2) is 29.8 Å². The third-order valence-electron chi connectivity index (χ3n) is 7.55. The van der Waals surface area contributed by atoms with E-state index in [1.807, 2.05) is 30.3 Å². The Kier molecular flexibility index (Phi) is 10.3. The van der Waals surface area contributed by atoms with Gasteiger partial charge in [0.1, 0.15) is 41.6 Å². The van der Waals surface area contributed by atoms with Crippen molar-refractivity contribution < 1.29 is 62.2 Å². The number of phenolic OH excluding ortho intramolecular Hbond substituents is 1. The van der Waals surface area contributed by atoms with Crippen LogP contribution in [0.5, 0.6) is 23.0 Å². The third-order valence-corrected chi connectivity index (χ3v) is 7.55. The Bertz CT molecular complexity index is 1700. The number of Topliss-reactive ketones (excluding diaryl/α,β-unsaturated/α-hetero) is 1. The molecule has 3 aromatic rings. The standard InChI is InChI=1S/C35H34O13/c1-18(36)44-29-17-43-34(35(47-21(4)39)32(29)45-19(2)37)31-27(42-16-22-8-6-5-7-9-22)15-28-30(33(31)46-20(3)38)25(41)14-26(48-28)23-10-12-24(40)13-11-23/h5-13,15,26,29,32,34-35,40H,14,16-17H2,1-4H3/t26?,29-,32+,34+,35-/m1/s1. The van der Waals surface area contributed by atoms with Gasteiger partial charge >= 0.3 is 23.9 Å². The number of carbonyl (C=O) groups excluding carboxylic acids is 5. The van der Waals surface area contributed by atoms with E-state index in [9.17, 15) is 29.1 Å². The monoisotopic (exact) mass is 662 g/mol. The van der Waals surface area contributed by atoms with E-state index in [1.165, 1.54) is 18.2 Å². The van der Waals surface area contributed by atoms with Crippen molar-refractivity contribution in [1.29, 1.82) is 0 Å². The second-order valence-electron chi connectivity index (χ2n) is 11.2. The number of ether oxygens (including phenoxy) is 7. The first-order chi connectivity index (χ1) is 22.9. The van der Waals surface area contributed by atoms with Crippen molar-refractivity contribution in [1.82, 2.24) is 0 Å². The molecule has 0 amide bonds. The predicted molar refractivity (Wildman–Crippen MR) is 164 cm³/mol. The van der Waals surface area contributed by atoms with Crippen LogP contribution in [0.3, 0.4) is 0 Å². The fourth-order valence-electron chi connectivity index (χ4n) is 5.69. The average Bonchev–Trinajstić information content (AvgIpc) is 3.01. The Morgan fingerprint density at radius 1 is 0.833 bits per heavy atom. The maximum absolute atomic E-state index is 13.9. The second-order valence-corrected chi connectivity index (χ2v) is 11.2. The molecule has 2 heterocycles. The molecule has 0 bridgehead atoms. The van der Waals surface area contributed by atoms with Crippen molar-refractivity contribution in [3.8, 4) is 23.0 Å². The van der Waals surface area contributed by atoms with Crippen molar-refractivity contribution in [3.05, 3.63) is 82.9 Å². The maximum atomic E-state index is 13.9. The van der Waals surface area contributed by atoms with Crippen LogP contribution in [0, 0.1) is 0 Å². The molecule has 3 aromatic carbocycles. The Morgan fingerprint density at radius 3 is 2.10 bits per heavy atom. The predicted octanol–water partition coefficient (Wildman–Crippen LogP) is 4.47. The highest BCUT2D eigenvalue weighted by atomic mass is 16.6. The highest BCUT2D eigenvalue weighted by Gasteiger charge is 2.50. The first kappa shape index (κ1) is 33.9. The minimum atomic E-state index is -1.46. The second kappa shape index (κ2) is 14.6. The highest BCUT2D eigenvalue weighted by molar-refractivity contribution is 6.04. The van der Waals surface area contributed by atoms with E-state index in [1.54, 1.807) is 12.1 Å². The fraction of sp³-hybridized carbons (Fsp3) is 0.343. The fourth-order valence-corrected chi connectivity index (χ4v) is 5.69. The Hall–Kier alpha value is -5.43. The average molecular weight is 663 g/mol. The van der Waals surface area contributed by atoms with Crippen LogP contribution in [0.15, 0.2) is 60.7 Å².